The molecule has 0 spiro atoms. The summed E-state index contributed by atoms with van der Waals surface area (Å²) in [5.41, 5.74) is 0. The Morgan fingerprint density at radius 3 is 2.50 bits per heavy atom. The van der Waals surface area contributed by atoms with Crippen LogP contribution in [-0.4, -0.2) is 12.1 Å². The SMILES string of the molecule is CC(C)C(=O)CCC1OC=CO1. The maximum atomic E-state index is 11.2. The van der Waals surface area contributed by atoms with Gasteiger partial charge in [-0.05, 0) is 0 Å². The van der Waals surface area contributed by atoms with Crippen molar-refractivity contribution in [3.8, 4) is 0 Å². The summed E-state index contributed by atoms with van der Waals surface area (Å²) >= 11 is 0. The van der Waals surface area contributed by atoms with Gasteiger partial charge >= 0.3 is 0 Å². The summed E-state index contributed by atoms with van der Waals surface area (Å²) in [6, 6.07) is 0. The van der Waals surface area contributed by atoms with Gasteiger partial charge in [-0.15, -0.1) is 0 Å². The third kappa shape index (κ3) is 2.57. The van der Waals surface area contributed by atoms with Crippen molar-refractivity contribution in [2.24, 2.45) is 5.92 Å². The zero-order valence-corrected chi connectivity index (χ0v) is 7.45. The Morgan fingerprint density at radius 1 is 1.42 bits per heavy atom. The molecule has 1 heterocycles. The minimum atomic E-state index is -0.243. The van der Waals surface area contributed by atoms with Crippen LogP contribution in [0.5, 0.6) is 0 Å². The lowest BCUT2D eigenvalue weighted by molar-refractivity contribution is -0.123. The molecule has 0 aromatic heterocycles. The topological polar surface area (TPSA) is 35.5 Å². The van der Waals surface area contributed by atoms with Crippen LogP contribution in [0.3, 0.4) is 0 Å². The maximum Gasteiger partial charge on any atom is 0.240 e. The van der Waals surface area contributed by atoms with Gasteiger partial charge in [-0.2, -0.15) is 0 Å². The number of carbonyl (C=O) groups is 1. The van der Waals surface area contributed by atoms with E-state index in [1.165, 1.54) is 12.5 Å². The highest BCUT2D eigenvalue weighted by atomic mass is 16.7. The van der Waals surface area contributed by atoms with E-state index in [1.807, 2.05) is 13.8 Å². The van der Waals surface area contributed by atoms with E-state index in [0.29, 0.717) is 12.8 Å². The lowest BCUT2D eigenvalue weighted by Gasteiger charge is -2.09. The van der Waals surface area contributed by atoms with E-state index in [4.69, 9.17) is 9.47 Å². The molecule has 0 saturated heterocycles. The summed E-state index contributed by atoms with van der Waals surface area (Å²) in [6.45, 7) is 3.80. The van der Waals surface area contributed by atoms with Crippen LogP contribution in [0.15, 0.2) is 12.5 Å². The lowest BCUT2D eigenvalue weighted by atomic mass is 10.0. The first-order chi connectivity index (χ1) is 5.70. The maximum absolute atomic E-state index is 11.2. The minimum Gasteiger partial charge on any atom is -0.459 e. The monoisotopic (exact) mass is 170 g/mol. The van der Waals surface area contributed by atoms with Gasteiger partial charge in [0.05, 0.1) is 0 Å². The van der Waals surface area contributed by atoms with Gasteiger partial charge in [0.1, 0.15) is 18.3 Å². The smallest absolute Gasteiger partial charge is 0.240 e. The zero-order chi connectivity index (χ0) is 8.97. The van der Waals surface area contributed by atoms with Crippen molar-refractivity contribution in [1.29, 1.82) is 0 Å². The number of ether oxygens (including phenoxy) is 2. The Bertz CT molecular complexity index is 176. The quantitative estimate of drug-likeness (QED) is 0.645. The Hall–Kier alpha value is -0.990. The van der Waals surface area contributed by atoms with Crippen molar-refractivity contribution in [2.45, 2.75) is 33.0 Å². The highest BCUT2D eigenvalue weighted by molar-refractivity contribution is 5.80. The highest BCUT2D eigenvalue weighted by Gasteiger charge is 2.15. The Labute approximate surface area is 72.4 Å². The number of hydrogen-bond acceptors (Lipinski definition) is 3. The number of rotatable bonds is 4. The largest absolute Gasteiger partial charge is 0.459 e. The summed E-state index contributed by atoms with van der Waals surface area (Å²) in [5.74, 6) is 0.369. The first-order valence-electron chi connectivity index (χ1n) is 4.19. The van der Waals surface area contributed by atoms with E-state index in [9.17, 15) is 4.79 Å². The molecule has 0 bridgehead atoms. The van der Waals surface area contributed by atoms with Gasteiger partial charge in [0.15, 0.2) is 0 Å². The van der Waals surface area contributed by atoms with Gasteiger partial charge in [0.2, 0.25) is 6.29 Å². The summed E-state index contributed by atoms with van der Waals surface area (Å²) in [6.07, 6.45) is 3.94. The highest BCUT2D eigenvalue weighted by Crippen LogP contribution is 2.13. The molecule has 1 rings (SSSR count). The van der Waals surface area contributed by atoms with E-state index in [1.54, 1.807) is 0 Å². The molecule has 3 heteroatoms. The normalized spacial score (nSPS) is 16.2. The molecule has 0 unspecified atom stereocenters. The van der Waals surface area contributed by atoms with Crippen LogP contribution in [0.2, 0.25) is 0 Å². The van der Waals surface area contributed by atoms with Crippen LogP contribution in [-0.2, 0) is 14.3 Å². The van der Waals surface area contributed by atoms with Crippen molar-refractivity contribution in [1.82, 2.24) is 0 Å². The molecule has 0 saturated carbocycles. The molecule has 0 aromatic carbocycles. The Balaban J connectivity index is 2.13. The van der Waals surface area contributed by atoms with E-state index in [-0.39, 0.29) is 18.0 Å². The van der Waals surface area contributed by atoms with Crippen LogP contribution in [0, 0.1) is 5.92 Å². The number of carbonyl (C=O) groups excluding carboxylic acids is 1. The van der Waals surface area contributed by atoms with Crippen molar-refractivity contribution in [3.63, 3.8) is 0 Å². The van der Waals surface area contributed by atoms with Gasteiger partial charge < -0.3 is 9.47 Å². The molecule has 68 valence electrons. The Morgan fingerprint density at radius 2 is 2.00 bits per heavy atom. The molecule has 1 aliphatic rings. The predicted octanol–water partition coefficient (Wildman–Crippen LogP) is 1.84. The molecule has 0 atom stereocenters. The summed E-state index contributed by atoms with van der Waals surface area (Å²) in [7, 11) is 0. The van der Waals surface area contributed by atoms with Gasteiger partial charge in [-0.25, -0.2) is 0 Å². The molecule has 3 nitrogen and oxygen atoms in total. The van der Waals surface area contributed by atoms with E-state index in [0.717, 1.165) is 0 Å². The van der Waals surface area contributed by atoms with Crippen molar-refractivity contribution < 1.29 is 14.3 Å². The molecule has 0 amide bonds. The van der Waals surface area contributed by atoms with Gasteiger partial charge in [0.25, 0.3) is 0 Å². The average molecular weight is 170 g/mol. The third-order valence-electron chi connectivity index (χ3n) is 1.79. The van der Waals surface area contributed by atoms with Crippen molar-refractivity contribution >= 4 is 5.78 Å². The van der Waals surface area contributed by atoms with Gasteiger partial charge in [-0.3, -0.25) is 4.79 Å². The summed E-state index contributed by atoms with van der Waals surface area (Å²) < 4.78 is 10.1. The number of hydrogen-bond donors (Lipinski definition) is 0. The fourth-order valence-corrected chi connectivity index (χ4v) is 0.956. The van der Waals surface area contributed by atoms with Crippen LogP contribution < -0.4 is 0 Å². The summed E-state index contributed by atoms with van der Waals surface area (Å²) in [4.78, 5) is 11.2. The van der Waals surface area contributed by atoms with E-state index >= 15 is 0 Å². The molecular formula is C9H14O3. The molecule has 0 fully saturated rings. The Kier molecular flexibility index (Phi) is 3.14. The van der Waals surface area contributed by atoms with Gasteiger partial charge in [-0.1, -0.05) is 13.8 Å². The second-order valence-corrected chi connectivity index (χ2v) is 3.13. The fraction of sp³-hybridized carbons (Fsp3) is 0.667. The van der Waals surface area contributed by atoms with E-state index < -0.39 is 0 Å². The molecule has 12 heavy (non-hydrogen) atoms. The van der Waals surface area contributed by atoms with Crippen LogP contribution in [0.1, 0.15) is 26.7 Å². The third-order valence-corrected chi connectivity index (χ3v) is 1.79. The molecule has 0 aliphatic carbocycles. The molecule has 0 N–H and O–H groups in total. The van der Waals surface area contributed by atoms with Crippen LogP contribution in [0.4, 0.5) is 0 Å². The molecule has 0 aromatic rings. The summed E-state index contributed by atoms with van der Waals surface area (Å²) in [5, 5.41) is 0. The van der Waals surface area contributed by atoms with Crippen LogP contribution in [0.25, 0.3) is 0 Å². The van der Waals surface area contributed by atoms with Crippen molar-refractivity contribution in [2.75, 3.05) is 0 Å². The van der Waals surface area contributed by atoms with E-state index in [2.05, 4.69) is 0 Å². The minimum absolute atomic E-state index is 0.111. The second kappa shape index (κ2) is 4.14. The first-order valence-corrected chi connectivity index (χ1v) is 4.19. The predicted molar refractivity (Wildman–Crippen MR) is 44.2 cm³/mol. The number of ketones is 1. The lowest BCUT2D eigenvalue weighted by Crippen LogP contribution is -2.13. The van der Waals surface area contributed by atoms with Crippen molar-refractivity contribution in [3.05, 3.63) is 12.5 Å². The zero-order valence-electron chi connectivity index (χ0n) is 7.45. The second-order valence-electron chi connectivity index (χ2n) is 3.13. The van der Waals surface area contributed by atoms with Crippen LogP contribution >= 0.6 is 0 Å². The first kappa shape index (κ1) is 9.10. The number of Topliss-reactive ketones (excluding diaryl/α,β-unsaturated/α-hetero) is 1. The fourth-order valence-electron chi connectivity index (χ4n) is 0.956. The standard InChI is InChI=1S/C9H14O3/c1-7(2)8(10)3-4-9-11-5-6-12-9/h5-7,9H,3-4H2,1-2H3. The molecular weight excluding hydrogens is 156 g/mol. The molecule has 0 radical (unpaired) electrons. The average Bonchev–Trinajstić information content (AvgIpc) is 2.51. The molecule has 1 aliphatic heterocycles. The van der Waals surface area contributed by atoms with Gasteiger partial charge in [0, 0.05) is 18.8 Å².